The monoisotopic (exact) mass is 928 g/mol. The van der Waals surface area contributed by atoms with E-state index in [2.05, 4.69) is 27.8 Å². The number of benzene rings is 4. The Morgan fingerprint density at radius 1 is 0.692 bits per heavy atom. The van der Waals surface area contributed by atoms with Gasteiger partial charge in [-0.2, -0.15) is 0 Å². The molecule has 0 saturated heterocycles. The van der Waals surface area contributed by atoms with Crippen LogP contribution in [-0.4, -0.2) is 45.6 Å². The molecule has 0 spiro atoms. The Morgan fingerprint density at radius 2 is 1.22 bits per heavy atom. The van der Waals surface area contributed by atoms with E-state index in [1.54, 1.807) is 38.4 Å². The average molecular weight is 929 g/mol. The van der Waals surface area contributed by atoms with Gasteiger partial charge in [-0.25, -0.2) is 35.1 Å². The number of hydrogen-bond acceptors (Lipinski definition) is 5. The molecule has 14 heteroatoms. The van der Waals surface area contributed by atoms with E-state index >= 15 is 0 Å². The van der Waals surface area contributed by atoms with E-state index in [0.717, 1.165) is 33.5 Å². The maximum atomic E-state index is 14.9. The molecule has 4 aromatic rings. The molecule has 0 heterocycles. The molecule has 8 atom stereocenters. The maximum absolute atomic E-state index is 14.9. The minimum absolute atomic E-state index is 0.102. The highest BCUT2D eigenvalue weighted by Crippen LogP contribution is 2.51. The zero-order chi connectivity index (χ0) is 47.7. The molecule has 0 amide bonds. The van der Waals surface area contributed by atoms with Gasteiger partial charge in [0.15, 0.2) is 12.3 Å². The molecule has 0 aromatic heterocycles. The summed E-state index contributed by atoms with van der Waals surface area (Å²) in [7, 11) is 3.38. The Bertz CT molecular complexity index is 2360. The van der Waals surface area contributed by atoms with Crippen molar-refractivity contribution < 1.29 is 39.9 Å². The third kappa shape index (κ3) is 11.2. The van der Waals surface area contributed by atoms with Crippen molar-refractivity contribution in [1.29, 1.82) is 0 Å². The molecule has 0 aliphatic heterocycles. The third-order valence-electron chi connectivity index (χ3n) is 12.8. The molecule has 6 rings (SSSR count). The summed E-state index contributed by atoms with van der Waals surface area (Å²) >= 11 is 6.35. The summed E-state index contributed by atoms with van der Waals surface area (Å²) in [6.07, 6.45) is -0.622. The first-order valence-electron chi connectivity index (χ1n) is 21.7. The number of allylic oxidation sites excluding steroid dienone is 3. The number of nitrogens with one attached hydrogen (secondary N) is 4. The van der Waals surface area contributed by atoms with Crippen molar-refractivity contribution in [2.24, 2.45) is 11.8 Å². The van der Waals surface area contributed by atoms with Crippen LogP contribution in [0.5, 0.6) is 0 Å². The highest BCUT2D eigenvalue weighted by molar-refractivity contribution is 6.31. The van der Waals surface area contributed by atoms with Crippen molar-refractivity contribution in [3.8, 4) is 0 Å². The largest absolute Gasteiger partial charge is 0.388 e. The topological polar surface area (TPSA) is 65.2 Å². The van der Waals surface area contributed by atoms with E-state index in [4.69, 9.17) is 11.6 Å². The summed E-state index contributed by atoms with van der Waals surface area (Å²) in [5.41, 5.74) is 8.03. The fraction of sp³-hybridized carbons (Fsp3) is 0.392. The molecule has 2 aliphatic rings. The van der Waals surface area contributed by atoms with Crippen molar-refractivity contribution in [2.45, 2.75) is 102 Å². The second kappa shape index (κ2) is 22.7. The number of carbonyl (C=O) groups excluding carboxylic acids is 1. The Labute approximate surface area is 381 Å². The third-order valence-corrected chi connectivity index (χ3v) is 13.2. The SMILES string of the molecule is C=C/C=C\c1c(NC)cccc1NC1c2cc(F)cc(C)c2[C@H](CC)CC1C(F)C(F)F.CC[C@@H]1CC(C(F)C(F)F)C(Nc2cc(F)cc(NC)c2/C=C\C=O)c2ccc(Cl)c(C)c21. The molecule has 4 aromatic carbocycles. The van der Waals surface area contributed by atoms with Crippen molar-refractivity contribution in [1.82, 2.24) is 0 Å². The van der Waals surface area contributed by atoms with Gasteiger partial charge in [0, 0.05) is 64.8 Å². The standard InChI is InChI=1S/C26H30F4N2.C25H27ClF4N2O/c1-5-7-9-18-21(31-4)10-8-11-22(18)32-25-19-14-17(27)12-15(3)23(19)16(6-2)13-20(25)24(28)26(29)30;1-4-14-10-18(23(28)25(29)30)24(17-7-8-19(26)13(2)22(14)17)32-21-12-15(27)11-20(31-3)16(21)6-5-9-33/h5,7-12,14,16,20,24-26,31-32H,1,6,13H2,2-4H3;5-9,11-12,14,18,23-25,31-32H,4,10H2,1-3H3/b9-7-;6-5-/t16-,20?,24?,25?;14-,18?,23?,24?/m11/s1. The van der Waals surface area contributed by atoms with Crippen LogP contribution in [0.3, 0.4) is 0 Å². The number of aldehydes is 1. The van der Waals surface area contributed by atoms with Gasteiger partial charge in [-0.05, 0) is 139 Å². The van der Waals surface area contributed by atoms with Gasteiger partial charge in [0.25, 0.3) is 12.9 Å². The second-order valence-corrected chi connectivity index (χ2v) is 16.9. The number of anilines is 4. The molecule has 0 radical (unpaired) electrons. The Kier molecular flexibility index (Phi) is 17.7. The molecule has 0 fully saturated rings. The quantitative estimate of drug-likeness (QED) is 0.0390. The number of rotatable bonds is 16. The van der Waals surface area contributed by atoms with Crippen molar-refractivity contribution in [2.75, 3.05) is 35.4 Å². The van der Waals surface area contributed by atoms with Gasteiger partial charge >= 0.3 is 0 Å². The van der Waals surface area contributed by atoms with Crippen LogP contribution in [0.2, 0.25) is 5.02 Å². The van der Waals surface area contributed by atoms with Crippen LogP contribution in [0.4, 0.5) is 57.9 Å². The number of aryl methyl sites for hydroxylation is 1. The van der Waals surface area contributed by atoms with Gasteiger partial charge < -0.3 is 21.3 Å². The zero-order valence-electron chi connectivity index (χ0n) is 37.3. The zero-order valence-corrected chi connectivity index (χ0v) is 38.0. The Balaban J connectivity index is 0.000000244. The van der Waals surface area contributed by atoms with Crippen molar-refractivity contribution in [3.63, 3.8) is 0 Å². The summed E-state index contributed by atoms with van der Waals surface area (Å²) in [5.74, 6) is -3.30. The number of carbonyl (C=O) groups is 1. The summed E-state index contributed by atoms with van der Waals surface area (Å²) < 4.78 is 113. The lowest BCUT2D eigenvalue weighted by molar-refractivity contribution is -0.104. The molecule has 0 bridgehead atoms. The van der Waals surface area contributed by atoms with Crippen LogP contribution < -0.4 is 21.3 Å². The predicted octanol–water partition coefficient (Wildman–Crippen LogP) is 15.0. The number of alkyl halides is 6. The molecular formula is C51H57ClF8N4O. The van der Waals surface area contributed by atoms with Gasteiger partial charge in [0.1, 0.15) is 17.9 Å². The van der Waals surface area contributed by atoms with Crippen LogP contribution in [0.15, 0.2) is 79.4 Å². The average Bonchev–Trinajstić information content (AvgIpc) is 3.28. The van der Waals surface area contributed by atoms with E-state index in [-0.39, 0.29) is 30.4 Å². The first kappa shape index (κ1) is 50.7. The minimum atomic E-state index is -3.15. The lowest BCUT2D eigenvalue weighted by Gasteiger charge is -2.41. The Morgan fingerprint density at radius 3 is 1.78 bits per heavy atom. The highest BCUT2D eigenvalue weighted by Gasteiger charge is 2.45. The normalized spacial score (nSPS) is 21.3. The van der Waals surface area contributed by atoms with Gasteiger partial charge in [0.05, 0.1) is 12.1 Å². The molecule has 65 heavy (non-hydrogen) atoms. The van der Waals surface area contributed by atoms with Gasteiger partial charge in [-0.3, -0.25) is 4.79 Å². The van der Waals surface area contributed by atoms with Crippen molar-refractivity contribution in [3.05, 3.63) is 141 Å². The number of hydrogen-bond donors (Lipinski definition) is 4. The summed E-state index contributed by atoms with van der Waals surface area (Å²) in [4.78, 5) is 10.9. The number of fused-ring (bicyclic) bond motifs is 2. The summed E-state index contributed by atoms with van der Waals surface area (Å²) in [6.45, 7) is 11.3. The fourth-order valence-electron chi connectivity index (χ4n) is 9.72. The molecule has 6 unspecified atom stereocenters. The lowest BCUT2D eigenvalue weighted by Crippen LogP contribution is -2.38. The summed E-state index contributed by atoms with van der Waals surface area (Å²) in [5, 5.41) is 13.0. The molecule has 0 saturated carbocycles. The molecule has 4 N–H and O–H groups in total. The van der Waals surface area contributed by atoms with Crippen LogP contribution >= 0.6 is 11.6 Å². The van der Waals surface area contributed by atoms with E-state index in [0.29, 0.717) is 52.2 Å². The molecular weight excluding hydrogens is 872 g/mol. The molecule has 5 nitrogen and oxygen atoms in total. The molecule has 2 aliphatic carbocycles. The van der Waals surface area contributed by atoms with E-state index < -0.39 is 60.7 Å². The van der Waals surface area contributed by atoms with Crippen molar-refractivity contribution >= 4 is 52.8 Å². The summed E-state index contributed by atoms with van der Waals surface area (Å²) in [6, 6.07) is 12.6. The smallest absolute Gasteiger partial charge is 0.269 e. The second-order valence-electron chi connectivity index (χ2n) is 16.5. The van der Waals surface area contributed by atoms with Gasteiger partial charge in [0.2, 0.25) is 0 Å². The minimum Gasteiger partial charge on any atom is -0.388 e. The van der Waals surface area contributed by atoms with Gasteiger partial charge in [-0.15, -0.1) is 0 Å². The maximum Gasteiger partial charge on any atom is 0.269 e. The van der Waals surface area contributed by atoms with Crippen LogP contribution in [-0.2, 0) is 4.79 Å². The fourth-order valence-corrected chi connectivity index (χ4v) is 9.88. The predicted molar refractivity (Wildman–Crippen MR) is 250 cm³/mol. The highest BCUT2D eigenvalue weighted by atomic mass is 35.5. The lowest BCUT2D eigenvalue weighted by atomic mass is 9.69. The first-order valence-corrected chi connectivity index (χ1v) is 22.1. The Hall–Kier alpha value is -5.30. The van der Waals surface area contributed by atoms with E-state index in [1.807, 2.05) is 52.0 Å². The van der Waals surface area contributed by atoms with Crippen LogP contribution in [0.1, 0.15) is 108 Å². The van der Waals surface area contributed by atoms with Crippen LogP contribution in [0, 0.1) is 37.3 Å². The van der Waals surface area contributed by atoms with E-state index in [9.17, 15) is 39.9 Å². The number of halogens is 9. The van der Waals surface area contributed by atoms with Crippen LogP contribution in [0.25, 0.3) is 12.2 Å². The van der Waals surface area contributed by atoms with E-state index in [1.165, 1.54) is 36.4 Å². The first-order chi connectivity index (χ1) is 31.0. The molecule has 350 valence electrons. The van der Waals surface area contributed by atoms with Gasteiger partial charge in [-0.1, -0.05) is 62.4 Å².